The second-order valence-corrected chi connectivity index (χ2v) is 5.49. The predicted octanol–water partition coefficient (Wildman–Crippen LogP) is 4.13. The standard InChI is InChI=1S/C16H27N/c1-4-5-6-10-13-17-14-16(2,3)15-11-8-7-9-12-15/h7-9,11-12,17H,4-6,10,13-14H2,1-3H3. The molecule has 1 rings (SSSR count). The van der Waals surface area contributed by atoms with Crippen LogP contribution in [0.1, 0.15) is 52.0 Å². The van der Waals surface area contributed by atoms with Crippen LogP contribution < -0.4 is 5.32 Å². The first-order valence-corrected chi connectivity index (χ1v) is 6.93. The Hall–Kier alpha value is -0.820. The van der Waals surface area contributed by atoms with Gasteiger partial charge >= 0.3 is 0 Å². The van der Waals surface area contributed by atoms with Gasteiger partial charge in [-0.1, -0.05) is 70.4 Å². The molecular formula is C16H27N. The fourth-order valence-corrected chi connectivity index (χ4v) is 2.07. The maximum absolute atomic E-state index is 3.58. The van der Waals surface area contributed by atoms with Crippen molar-refractivity contribution < 1.29 is 0 Å². The van der Waals surface area contributed by atoms with E-state index in [1.807, 2.05) is 0 Å². The van der Waals surface area contributed by atoms with Crippen molar-refractivity contribution >= 4 is 0 Å². The van der Waals surface area contributed by atoms with E-state index in [1.165, 1.54) is 31.2 Å². The summed E-state index contributed by atoms with van der Waals surface area (Å²) in [6, 6.07) is 10.8. The van der Waals surface area contributed by atoms with Crippen molar-refractivity contribution in [1.29, 1.82) is 0 Å². The Morgan fingerprint density at radius 3 is 2.35 bits per heavy atom. The van der Waals surface area contributed by atoms with Crippen LogP contribution in [0.3, 0.4) is 0 Å². The first-order valence-electron chi connectivity index (χ1n) is 6.93. The Morgan fingerprint density at radius 1 is 1.00 bits per heavy atom. The predicted molar refractivity (Wildman–Crippen MR) is 76.5 cm³/mol. The monoisotopic (exact) mass is 233 g/mol. The molecule has 0 amide bonds. The second-order valence-electron chi connectivity index (χ2n) is 5.49. The minimum Gasteiger partial charge on any atom is -0.316 e. The third kappa shape index (κ3) is 5.36. The van der Waals surface area contributed by atoms with Crippen molar-refractivity contribution in [3.05, 3.63) is 35.9 Å². The summed E-state index contributed by atoms with van der Waals surface area (Å²) in [4.78, 5) is 0. The molecule has 17 heavy (non-hydrogen) atoms. The molecule has 0 saturated heterocycles. The summed E-state index contributed by atoms with van der Waals surface area (Å²) in [5.74, 6) is 0. The van der Waals surface area contributed by atoms with Gasteiger partial charge in [-0.15, -0.1) is 0 Å². The molecule has 0 spiro atoms. The van der Waals surface area contributed by atoms with Crippen LogP contribution in [-0.2, 0) is 5.41 Å². The molecule has 0 heterocycles. The summed E-state index contributed by atoms with van der Waals surface area (Å²) < 4.78 is 0. The van der Waals surface area contributed by atoms with Crippen LogP contribution in [0.2, 0.25) is 0 Å². The first kappa shape index (κ1) is 14.2. The van der Waals surface area contributed by atoms with Crippen LogP contribution in [0.5, 0.6) is 0 Å². The van der Waals surface area contributed by atoms with Gasteiger partial charge in [-0.2, -0.15) is 0 Å². The van der Waals surface area contributed by atoms with Crippen LogP contribution in [0.15, 0.2) is 30.3 Å². The van der Waals surface area contributed by atoms with Gasteiger partial charge in [0, 0.05) is 12.0 Å². The SMILES string of the molecule is CCCCCCNCC(C)(C)c1ccccc1. The van der Waals surface area contributed by atoms with Crippen LogP contribution >= 0.6 is 0 Å². The Balaban J connectivity index is 2.26. The molecule has 0 bridgehead atoms. The Morgan fingerprint density at radius 2 is 1.71 bits per heavy atom. The van der Waals surface area contributed by atoms with Crippen LogP contribution in [0.4, 0.5) is 0 Å². The van der Waals surface area contributed by atoms with Crippen molar-refractivity contribution in [3.8, 4) is 0 Å². The lowest BCUT2D eigenvalue weighted by atomic mass is 9.84. The minimum absolute atomic E-state index is 0.228. The Bertz CT molecular complexity index is 290. The van der Waals surface area contributed by atoms with Gasteiger partial charge in [0.15, 0.2) is 0 Å². The molecule has 1 N–H and O–H groups in total. The second kappa shape index (κ2) is 7.50. The molecule has 0 radical (unpaired) electrons. The van der Waals surface area contributed by atoms with Gasteiger partial charge in [0.2, 0.25) is 0 Å². The molecule has 1 aromatic carbocycles. The highest BCUT2D eigenvalue weighted by atomic mass is 14.9. The molecule has 96 valence electrons. The van der Waals surface area contributed by atoms with Crippen molar-refractivity contribution in [2.24, 2.45) is 0 Å². The van der Waals surface area contributed by atoms with Gasteiger partial charge in [-0.3, -0.25) is 0 Å². The van der Waals surface area contributed by atoms with E-state index >= 15 is 0 Å². The van der Waals surface area contributed by atoms with E-state index in [0.717, 1.165) is 13.1 Å². The summed E-state index contributed by atoms with van der Waals surface area (Å²) >= 11 is 0. The molecule has 0 aliphatic heterocycles. The molecule has 0 atom stereocenters. The molecule has 0 aliphatic carbocycles. The van der Waals surface area contributed by atoms with Gasteiger partial charge in [-0.05, 0) is 18.5 Å². The van der Waals surface area contributed by atoms with Gasteiger partial charge in [-0.25, -0.2) is 0 Å². The van der Waals surface area contributed by atoms with Gasteiger partial charge in [0.25, 0.3) is 0 Å². The molecule has 0 unspecified atom stereocenters. The fourth-order valence-electron chi connectivity index (χ4n) is 2.07. The molecule has 0 saturated carbocycles. The van der Waals surface area contributed by atoms with E-state index in [0.29, 0.717) is 0 Å². The van der Waals surface area contributed by atoms with Crippen LogP contribution in [0.25, 0.3) is 0 Å². The van der Waals surface area contributed by atoms with Crippen LogP contribution in [-0.4, -0.2) is 13.1 Å². The summed E-state index contributed by atoms with van der Waals surface area (Å²) in [7, 11) is 0. The lowest BCUT2D eigenvalue weighted by Gasteiger charge is -2.25. The lowest BCUT2D eigenvalue weighted by molar-refractivity contribution is 0.461. The van der Waals surface area contributed by atoms with Crippen molar-refractivity contribution in [1.82, 2.24) is 5.32 Å². The van der Waals surface area contributed by atoms with Crippen molar-refractivity contribution in [2.75, 3.05) is 13.1 Å². The molecule has 0 aliphatic rings. The van der Waals surface area contributed by atoms with Crippen molar-refractivity contribution in [2.45, 2.75) is 51.9 Å². The smallest absolute Gasteiger partial charge is 0.00431 e. The summed E-state index contributed by atoms with van der Waals surface area (Å²) in [5.41, 5.74) is 1.65. The van der Waals surface area contributed by atoms with Gasteiger partial charge in [0.1, 0.15) is 0 Å². The van der Waals surface area contributed by atoms with E-state index in [1.54, 1.807) is 0 Å². The average Bonchev–Trinajstić information content (AvgIpc) is 2.35. The zero-order valence-electron chi connectivity index (χ0n) is 11.6. The highest BCUT2D eigenvalue weighted by molar-refractivity contribution is 5.23. The number of hydrogen-bond acceptors (Lipinski definition) is 1. The third-order valence-electron chi connectivity index (χ3n) is 3.33. The number of unbranched alkanes of at least 4 members (excludes halogenated alkanes) is 3. The minimum atomic E-state index is 0.228. The molecule has 0 aromatic heterocycles. The summed E-state index contributed by atoms with van der Waals surface area (Å²) in [6.07, 6.45) is 5.34. The number of nitrogens with one attached hydrogen (secondary N) is 1. The highest BCUT2D eigenvalue weighted by Crippen LogP contribution is 2.21. The van der Waals surface area contributed by atoms with Gasteiger partial charge < -0.3 is 5.32 Å². The third-order valence-corrected chi connectivity index (χ3v) is 3.33. The first-order chi connectivity index (χ1) is 8.17. The molecule has 1 heteroatoms. The zero-order valence-corrected chi connectivity index (χ0v) is 11.6. The van der Waals surface area contributed by atoms with E-state index in [-0.39, 0.29) is 5.41 Å². The Labute approximate surface area is 107 Å². The molecule has 1 aromatic rings. The average molecular weight is 233 g/mol. The topological polar surface area (TPSA) is 12.0 Å². The fraction of sp³-hybridized carbons (Fsp3) is 0.625. The Kier molecular flexibility index (Phi) is 6.28. The highest BCUT2D eigenvalue weighted by Gasteiger charge is 2.19. The normalized spacial score (nSPS) is 11.7. The number of hydrogen-bond donors (Lipinski definition) is 1. The van der Waals surface area contributed by atoms with E-state index in [2.05, 4.69) is 56.4 Å². The maximum atomic E-state index is 3.58. The number of rotatable bonds is 8. The molecular weight excluding hydrogens is 206 g/mol. The largest absolute Gasteiger partial charge is 0.316 e. The van der Waals surface area contributed by atoms with Crippen LogP contribution in [0, 0.1) is 0 Å². The summed E-state index contributed by atoms with van der Waals surface area (Å²) in [6.45, 7) is 9.08. The van der Waals surface area contributed by atoms with Crippen molar-refractivity contribution in [3.63, 3.8) is 0 Å². The number of benzene rings is 1. The van der Waals surface area contributed by atoms with E-state index < -0.39 is 0 Å². The van der Waals surface area contributed by atoms with E-state index in [4.69, 9.17) is 0 Å². The van der Waals surface area contributed by atoms with Gasteiger partial charge in [0.05, 0.1) is 0 Å². The quantitative estimate of drug-likeness (QED) is 0.666. The maximum Gasteiger partial charge on any atom is 0.00431 e. The molecule has 0 fully saturated rings. The molecule has 1 nitrogen and oxygen atoms in total. The zero-order chi connectivity index (χ0) is 12.6. The van der Waals surface area contributed by atoms with E-state index in [9.17, 15) is 0 Å². The lowest BCUT2D eigenvalue weighted by Crippen LogP contribution is -2.33. The summed E-state index contributed by atoms with van der Waals surface area (Å²) in [5, 5.41) is 3.58.